The van der Waals surface area contributed by atoms with Gasteiger partial charge in [-0.2, -0.15) is 4.99 Å². The zero-order valence-electron chi connectivity index (χ0n) is 15.8. The van der Waals surface area contributed by atoms with Crippen LogP contribution in [0.3, 0.4) is 0 Å². The van der Waals surface area contributed by atoms with Crippen LogP contribution in [0.15, 0.2) is 47.0 Å². The van der Waals surface area contributed by atoms with E-state index in [0.29, 0.717) is 5.90 Å². The first-order valence-electron chi connectivity index (χ1n) is 9.43. The first-order chi connectivity index (χ1) is 13.1. The molecular weight excluding hydrogens is 350 g/mol. The molecule has 3 rings (SSSR count). The Bertz CT molecular complexity index is 760. The van der Waals surface area contributed by atoms with Crippen molar-refractivity contribution in [3.8, 4) is 0 Å². The largest absolute Gasteiger partial charge is 0.473 e. The SMILES string of the molecule is CC/C=C1/N=C(OCc2cccc(F)c2F)C=C2N(CCNCC)CCN21. The predicted molar refractivity (Wildman–Crippen MR) is 102 cm³/mol. The first kappa shape index (κ1) is 19.4. The lowest BCUT2D eigenvalue weighted by Gasteiger charge is -2.28. The van der Waals surface area contributed by atoms with Crippen LogP contribution in [-0.2, 0) is 11.3 Å². The van der Waals surface area contributed by atoms with Gasteiger partial charge in [0.05, 0.1) is 0 Å². The molecule has 0 aromatic heterocycles. The van der Waals surface area contributed by atoms with Gasteiger partial charge >= 0.3 is 0 Å². The Morgan fingerprint density at radius 3 is 2.89 bits per heavy atom. The number of likely N-dealkylation sites (N-methyl/N-ethyl adjacent to an activating group) is 1. The molecule has 27 heavy (non-hydrogen) atoms. The minimum atomic E-state index is -0.874. The fraction of sp³-hybridized carbons (Fsp3) is 0.450. The highest BCUT2D eigenvalue weighted by molar-refractivity contribution is 5.90. The number of hydrogen-bond acceptors (Lipinski definition) is 5. The summed E-state index contributed by atoms with van der Waals surface area (Å²) in [6.45, 7) is 8.59. The van der Waals surface area contributed by atoms with Crippen LogP contribution >= 0.6 is 0 Å². The molecular formula is C20H26F2N4O. The van der Waals surface area contributed by atoms with Gasteiger partial charge in [-0.25, -0.2) is 8.78 Å². The van der Waals surface area contributed by atoms with Gasteiger partial charge in [0.1, 0.15) is 18.2 Å². The van der Waals surface area contributed by atoms with Gasteiger partial charge in [-0.05, 0) is 25.1 Å². The molecule has 0 amide bonds. The van der Waals surface area contributed by atoms with Gasteiger partial charge < -0.3 is 19.9 Å². The Hall–Kier alpha value is -2.41. The van der Waals surface area contributed by atoms with Gasteiger partial charge in [-0.1, -0.05) is 26.0 Å². The molecule has 1 aromatic carbocycles. The molecule has 0 aliphatic carbocycles. The monoisotopic (exact) mass is 376 g/mol. The molecule has 146 valence electrons. The van der Waals surface area contributed by atoms with Gasteiger partial charge in [0.2, 0.25) is 5.90 Å². The Labute approximate surface area is 159 Å². The highest BCUT2D eigenvalue weighted by Crippen LogP contribution is 2.28. The molecule has 1 fully saturated rings. The first-order valence-corrected chi connectivity index (χ1v) is 9.43. The van der Waals surface area contributed by atoms with E-state index < -0.39 is 11.6 Å². The van der Waals surface area contributed by atoms with Crippen molar-refractivity contribution in [2.24, 2.45) is 4.99 Å². The van der Waals surface area contributed by atoms with Crippen LogP contribution in [0.5, 0.6) is 0 Å². The summed E-state index contributed by atoms with van der Waals surface area (Å²) in [6.07, 6.45) is 4.78. The molecule has 1 N–H and O–H groups in total. The topological polar surface area (TPSA) is 40.1 Å². The molecule has 0 unspecified atom stereocenters. The second-order valence-corrected chi connectivity index (χ2v) is 6.42. The molecule has 2 heterocycles. The number of benzene rings is 1. The lowest BCUT2D eigenvalue weighted by Crippen LogP contribution is -2.32. The van der Waals surface area contributed by atoms with Gasteiger partial charge in [0.15, 0.2) is 11.6 Å². The lowest BCUT2D eigenvalue weighted by molar-refractivity contribution is 0.278. The van der Waals surface area contributed by atoms with Crippen LogP contribution in [0.2, 0.25) is 0 Å². The average molecular weight is 376 g/mol. The van der Waals surface area contributed by atoms with Crippen LogP contribution in [-0.4, -0.2) is 48.4 Å². The molecule has 0 bridgehead atoms. The summed E-state index contributed by atoms with van der Waals surface area (Å²) in [6, 6.07) is 4.09. The number of aliphatic imine (C=N–C) groups is 1. The summed E-state index contributed by atoms with van der Waals surface area (Å²) in [4.78, 5) is 9.02. The molecule has 7 heteroatoms. The van der Waals surface area contributed by atoms with E-state index in [1.54, 1.807) is 0 Å². The van der Waals surface area contributed by atoms with Crippen LogP contribution in [0, 0.1) is 11.6 Å². The summed E-state index contributed by atoms with van der Waals surface area (Å²) in [7, 11) is 0. The van der Waals surface area contributed by atoms with Gasteiger partial charge in [-0.3, -0.25) is 0 Å². The highest BCUT2D eigenvalue weighted by Gasteiger charge is 2.30. The van der Waals surface area contributed by atoms with Gasteiger partial charge in [0.25, 0.3) is 0 Å². The van der Waals surface area contributed by atoms with Crippen molar-refractivity contribution in [2.45, 2.75) is 26.9 Å². The van der Waals surface area contributed by atoms with E-state index >= 15 is 0 Å². The predicted octanol–water partition coefficient (Wildman–Crippen LogP) is 3.21. The van der Waals surface area contributed by atoms with Crippen molar-refractivity contribution >= 4 is 5.90 Å². The minimum absolute atomic E-state index is 0.0665. The van der Waals surface area contributed by atoms with E-state index in [4.69, 9.17) is 4.74 Å². The zero-order chi connectivity index (χ0) is 19.2. The molecule has 0 atom stereocenters. The van der Waals surface area contributed by atoms with E-state index in [9.17, 15) is 8.78 Å². The third-order valence-electron chi connectivity index (χ3n) is 4.55. The minimum Gasteiger partial charge on any atom is -0.473 e. The maximum absolute atomic E-state index is 13.9. The second kappa shape index (κ2) is 8.99. The normalized spacial score (nSPS) is 17.9. The molecule has 0 spiro atoms. The summed E-state index contributed by atoms with van der Waals surface area (Å²) in [5.41, 5.74) is 0.176. The highest BCUT2D eigenvalue weighted by atomic mass is 19.2. The fourth-order valence-corrected chi connectivity index (χ4v) is 3.18. The van der Waals surface area contributed by atoms with E-state index in [-0.39, 0.29) is 12.2 Å². The van der Waals surface area contributed by atoms with Crippen LogP contribution < -0.4 is 5.32 Å². The Kier molecular flexibility index (Phi) is 6.45. The molecule has 2 aliphatic rings. The third-order valence-corrected chi connectivity index (χ3v) is 4.55. The maximum atomic E-state index is 13.9. The molecule has 2 aliphatic heterocycles. The number of halogens is 2. The maximum Gasteiger partial charge on any atom is 0.219 e. The van der Waals surface area contributed by atoms with E-state index in [1.165, 1.54) is 12.1 Å². The molecule has 1 saturated heterocycles. The van der Waals surface area contributed by atoms with Crippen molar-refractivity contribution in [1.29, 1.82) is 0 Å². The number of nitrogens with zero attached hydrogens (tertiary/aromatic N) is 3. The van der Waals surface area contributed by atoms with Crippen LogP contribution in [0.25, 0.3) is 0 Å². The lowest BCUT2D eigenvalue weighted by atomic mass is 10.2. The van der Waals surface area contributed by atoms with Crippen molar-refractivity contribution in [3.05, 3.63) is 59.2 Å². The molecule has 0 saturated carbocycles. The molecule has 1 aromatic rings. The number of allylic oxidation sites excluding steroid dienone is 1. The number of ether oxygens (including phenoxy) is 1. The zero-order valence-corrected chi connectivity index (χ0v) is 15.8. The van der Waals surface area contributed by atoms with Crippen molar-refractivity contribution in [2.75, 3.05) is 32.7 Å². The molecule has 5 nitrogen and oxygen atoms in total. The quantitative estimate of drug-likeness (QED) is 0.742. The summed E-state index contributed by atoms with van der Waals surface area (Å²) in [5, 5.41) is 3.34. The Morgan fingerprint density at radius 1 is 1.26 bits per heavy atom. The fourth-order valence-electron chi connectivity index (χ4n) is 3.18. The third kappa shape index (κ3) is 4.47. The smallest absolute Gasteiger partial charge is 0.219 e. The van der Waals surface area contributed by atoms with Crippen LogP contribution in [0.4, 0.5) is 8.78 Å². The number of fused-ring (bicyclic) bond motifs is 1. The Morgan fingerprint density at radius 2 is 2.11 bits per heavy atom. The summed E-state index contributed by atoms with van der Waals surface area (Å²) in [5.74, 6) is 0.553. The number of rotatable bonds is 7. The molecule has 0 radical (unpaired) electrons. The van der Waals surface area contributed by atoms with Crippen molar-refractivity contribution < 1.29 is 13.5 Å². The van der Waals surface area contributed by atoms with Crippen molar-refractivity contribution in [3.63, 3.8) is 0 Å². The number of hydrogen-bond donors (Lipinski definition) is 1. The second-order valence-electron chi connectivity index (χ2n) is 6.42. The van der Waals surface area contributed by atoms with Gasteiger partial charge in [-0.15, -0.1) is 0 Å². The Balaban J connectivity index is 1.76. The van der Waals surface area contributed by atoms with E-state index in [0.717, 1.165) is 56.9 Å². The summed E-state index contributed by atoms with van der Waals surface area (Å²) >= 11 is 0. The van der Waals surface area contributed by atoms with E-state index in [1.807, 2.05) is 12.2 Å². The summed E-state index contributed by atoms with van der Waals surface area (Å²) < 4.78 is 33.0. The average Bonchev–Trinajstić information content (AvgIpc) is 3.07. The number of nitrogens with one attached hydrogen (secondary N) is 1. The van der Waals surface area contributed by atoms with E-state index in [2.05, 4.69) is 34.0 Å². The van der Waals surface area contributed by atoms with Crippen LogP contribution in [0.1, 0.15) is 25.8 Å². The standard InChI is InChI=1S/C20H26F2N4O/c1-3-6-17-24-18(27-14-15-7-5-8-16(21)20(15)22)13-19-25(10-9-23-4-2)11-12-26(17)19/h5-8,13,23H,3-4,9-12,14H2,1-2H3/b17-6-. The van der Waals surface area contributed by atoms with Gasteiger partial charge in [0, 0.05) is 37.8 Å². The van der Waals surface area contributed by atoms with Crippen molar-refractivity contribution in [1.82, 2.24) is 15.1 Å².